The van der Waals surface area contributed by atoms with Crippen molar-refractivity contribution < 1.29 is 4.39 Å². The Morgan fingerprint density at radius 1 is 1.12 bits per heavy atom. The van der Waals surface area contributed by atoms with Gasteiger partial charge in [0.25, 0.3) is 5.56 Å². The molecule has 7 heteroatoms. The minimum Gasteiger partial charge on any atom is -0.293 e. The lowest BCUT2D eigenvalue weighted by molar-refractivity contribution is 0.626. The maximum atomic E-state index is 13.0. The smallest absolute Gasteiger partial charge is 0.283 e. The molecule has 2 aromatic carbocycles. The van der Waals surface area contributed by atoms with Crippen LogP contribution in [-0.2, 0) is 6.54 Å². The third-order valence-electron chi connectivity index (χ3n) is 3.94. The first-order valence-electron chi connectivity index (χ1n) is 7.74. The number of aromatic nitrogens is 5. The van der Waals surface area contributed by atoms with Gasteiger partial charge in [0.1, 0.15) is 12.1 Å². The van der Waals surface area contributed by atoms with E-state index in [1.54, 1.807) is 16.8 Å². The molecule has 0 amide bonds. The van der Waals surface area contributed by atoms with Gasteiger partial charge in [-0.1, -0.05) is 29.5 Å². The monoisotopic (exact) mass is 335 g/mol. The van der Waals surface area contributed by atoms with Gasteiger partial charge in [0.2, 0.25) is 0 Å². The molecule has 0 spiro atoms. The molecule has 0 N–H and O–H groups in total. The molecule has 0 fully saturated rings. The minimum atomic E-state index is -0.314. The van der Waals surface area contributed by atoms with Crippen LogP contribution in [0, 0.1) is 12.7 Å². The van der Waals surface area contributed by atoms with E-state index in [1.165, 1.54) is 23.0 Å². The molecular formula is C18H14FN5O. The molecule has 124 valence electrons. The van der Waals surface area contributed by atoms with E-state index >= 15 is 0 Å². The van der Waals surface area contributed by atoms with Crippen LogP contribution < -0.4 is 5.56 Å². The fourth-order valence-electron chi connectivity index (χ4n) is 2.68. The highest BCUT2D eigenvalue weighted by atomic mass is 19.1. The summed E-state index contributed by atoms with van der Waals surface area (Å²) in [5.41, 5.74) is 3.00. The molecule has 0 atom stereocenters. The van der Waals surface area contributed by atoms with E-state index in [-0.39, 0.29) is 16.9 Å². The van der Waals surface area contributed by atoms with Crippen molar-refractivity contribution in [2.24, 2.45) is 0 Å². The molecule has 0 unspecified atom stereocenters. The van der Waals surface area contributed by atoms with Gasteiger partial charge in [0, 0.05) is 0 Å². The summed E-state index contributed by atoms with van der Waals surface area (Å²) < 4.78 is 16.0. The predicted octanol–water partition coefficient (Wildman–Crippen LogP) is 2.47. The summed E-state index contributed by atoms with van der Waals surface area (Å²) >= 11 is 0. The second kappa shape index (κ2) is 5.94. The number of aryl methyl sites for hydroxylation is 1. The highest BCUT2D eigenvalue weighted by Crippen LogP contribution is 2.13. The first kappa shape index (κ1) is 15.2. The van der Waals surface area contributed by atoms with Gasteiger partial charge in [-0.25, -0.2) is 9.37 Å². The first-order chi connectivity index (χ1) is 12.1. The van der Waals surface area contributed by atoms with E-state index < -0.39 is 0 Å². The summed E-state index contributed by atoms with van der Waals surface area (Å²) in [6.07, 6.45) is 1.46. The lowest BCUT2D eigenvalue weighted by atomic mass is 10.2. The Hall–Kier alpha value is -3.35. The van der Waals surface area contributed by atoms with Crippen molar-refractivity contribution in [3.05, 3.63) is 82.2 Å². The van der Waals surface area contributed by atoms with Crippen LogP contribution in [0.4, 0.5) is 4.39 Å². The van der Waals surface area contributed by atoms with Gasteiger partial charge in [-0.2, -0.15) is 4.68 Å². The number of hydrogen-bond donors (Lipinski definition) is 0. The molecule has 2 aromatic heterocycles. The normalized spacial score (nSPS) is 11.1. The van der Waals surface area contributed by atoms with Crippen LogP contribution >= 0.6 is 0 Å². The highest BCUT2D eigenvalue weighted by Gasteiger charge is 2.13. The lowest BCUT2D eigenvalue weighted by Crippen LogP contribution is -2.21. The van der Waals surface area contributed by atoms with E-state index in [2.05, 4.69) is 15.3 Å². The molecule has 0 saturated heterocycles. The summed E-state index contributed by atoms with van der Waals surface area (Å²) in [6, 6.07) is 13.7. The molecule has 0 radical (unpaired) electrons. The van der Waals surface area contributed by atoms with Gasteiger partial charge in [0.15, 0.2) is 11.2 Å². The third-order valence-corrected chi connectivity index (χ3v) is 3.94. The minimum absolute atomic E-state index is 0.200. The van der Waals surface area contributed by atoms with Crippen LogP contribution in [0.3, 0.4) is 0 Å². The molecule has 0 aliphatic carbocycles. The third kappa shape index (κ3) is 2.80. The van der Waals surface area contributed by atoms with Crippen molar-refractivity contribution in [3.63, 3.8) is 0 Å². The molecular weight excluding hydrogens is 321 g/mol. The Labute approximate surface area is 142 Å². The fourth-order valence-corrected chi connectivity index (χ4v) is 2.68. The lowest BCUT2D eigenvalue weighted by Gasteiger charge is -2.06. The molecule has 4 aromatic rings. The molecule has 0 aliphatic heterocycles. The van der Waals surface area contributed by atoms with Gasteiger partial charge in [-0.05, 0) is 42.3 Å². The standard InChI is InChI=1S/C18H14FN5O/c1-12-3-2-4-15(9-12)24-17-16(21-22-24)18(25)23(11-20-17)10-13-5-7-14(19)8-6-13/h2-9,11H,10H2,1H3. The van der Waals surface area contributed by atoms with E-state index in [0.717, 1.165) is 16.8 Å². The SMILES string of the molecule is Cc1cccc(-n2nnc3c(=O)n(Cc4ccc(F)cc4)cnc32)c1. The number of fused-ring (bicyclic) bond motifs is 1. The molecule has 4 rings (SSSR count). The van der Waals surface area contributed by atoms with E-state index in [4.69, 9.17) is 0 Å². The zero-order valence-corrected chi connectivity index (χ0v) is 13.4. The van der Waals surface area contributed by atoms with E-state index in [9.17, 15) is 9.18 Å². The summed E-state index contributed by atoms with van der Waals surface area (Å²) in [6.45, 7) is 2.27. The highest BCUT2D eigenvalue weighted by molar-refractivity contribution is 5.70. The Balaban J connectivity index is 1.77. The Kier molecular flexibility index (Phi) is 3.61. The molecule has 25 heavy (non-hydrogen) atoms. The number of hydrogen-bond acceptors (Lipinski definition) is 4. The van der Waals surface area contributed by atoms with Crippen molar-refractivity contribution in [3.8, 4) is 5.69 Å². The molecule has 6 nitrogen and oxygen atoms in total. The van der Waals surface area contributed by atoms with E-state index in [1.807, 2.05) is 31.2 Å². The summed E-state index contributed by atoms with van der Waals surface area (Å²) in [5, 5.41) is 8.07. The van der Waals surface area contributed by atoms with Gasteiger partial charge in [0.05, 0.1) is 12.2 Å². The maximum absolute atomic E-state index is 13.0. The quantitative estimate of drug-likeness (QED) is 0.577. The maximum Gasteiger partial charge on any atom is 0.283 e. The van der Waals surface area contributed by atoms with Crippen molar-refractivity contribution in [2.45, 2.75) is 13.5 Å². The number of halogens is 1. The van der Waals surface area contributed by atoms with Crippen molar-refractivity contribution in [1.82, 2.24) is 24.5 Å². The summed E-state index contributed by atoms with van der Waals surface area (Å²) in [5.74, 6) is -0.314. The Morgan fingerprint density at radius 2 is 1.92 bits per heavy atom. The average molecular weight is 335 g/mol. The topological polar surface area (TPSA) is 65.6 Å². The first-order valence-corrected chi connectivity index (χ1v) is 7.74. The van der Waals surface area contributed by atoms with Crippen LogP contribution in [0.5, 0.6) is 0 Å². The Morgan fingerprint density at radius 3 is 2.68 bits per heavy atom. The molecule has 2 heterocycles. The molecule has 0 aliphatic rings. The fraction of sp³-hybridized carbons (Fsp3) is 0.111. The van der Waals surface area contributed by atoms with Crippen LogP contribution in [-0.4, -0.2) is 24.5 Å². The van der Waals surface area contributed by atoms with Crippen molar-refractivity contribution in [2.75, 3.05) is 0 Å². The van der Waals surface area contributed by atoms with Crippen molar-refractivity contribution >= 4 is 11.2 Å². The summed E-state index contributed by atoms with van der Waals surface area (Å²) in [4.78, 5) is 17.0. The van der Waals surface area contributed by atoms with Crippen LogP contribution in [0.1, 0.15) is 11.1 Å². The van der Waals surface area contributed by atoms with Crippen LogP contribution in [0.2, 0.25) is 0 Å². The predicted molar refractivity (Wildman–Crippen MR) is 91.2 cm³/mol. The zero-order chi connectivity index (χ0) is 17.4. The van der Waals surface area contributed by atoms with Gasteiger partial charge < -0.3 is 0 Å². The van der Waals surface area contributed by atoms with Gasteiger partial charge in [-0.15, -0.1) is 5.10 Å². The Bertz CT molecular complexity index is 1110. The van der Waals surface area contributed by atoms with Crippen molar-refractivity contribution in [1.29, 1.82) is 0 Å². The average Bonchev–Trinajstić information content (AvgIpc) is 3.04. The second-order valence-electron chi connectivity index (χ2n) is 5.82. The van der Waals surface area contributed by atoms with E-state index in [0.29, 0.717) is 12.2 Å². The zero-order valence-electron chi connectivity index (χ0n) is 13.4. The molecule has 0 saturated carbocycles. The van der Waals surface area contributed by atoms with Gasteiger partial charge >= 0.3 is 0 Å². The number of rotatable bonds is 3. The van der Waals surface area contributed by atoms with Gasteiger partial charge in [-0.3, -0.25) is 9.36 Å². The number of nitrogens with zero attached hydrogens (tertiary/aromatic N) is 5. The number of benzene rings is 2. The summed E-state index contributed by atoms with van der Waals surface area (Å²) in [7, 11) is 0. The van der Waals surface area contributed by atoms with Crippen LogP contribution in [0.15, 0.2) is 59.7 Å². The second-order valence-corrected chi connectivity index (χ2v) is 5.82. The molecule has 0 bridgehead atoms. The largest absolute Gasteiger partial charge is 0.293 e. The van der Waals surface area contributed by atoms with Crippen LogP contribution in [0.25, 0.3) is 16.9 Å².